The van der Waals surface area contributed by atoms with E-state index < -0.39 is 0 Å². The van der Waals surface area contributed by atoms with Gasteiger partial charge in [0.1, 0.15) is 5.82 Å². The predicted molar refractivity (Wildman–Crippen MR) is 147 cm³/mol. The molecular formula is C29H39FN4O3. The molecule has 0 bridgehead atoms. The molecule has 0 radical (unpaired) electrons. The molecule has 1 aliphatic rings. The van der Waals surface area contributed by atoms with E-state index >= 15 is 0 Å². The van der Waals surface area contributed by atoms with Gasteiger partial charge in [0.25, 0.3) is 0 Å². The highest BCUT2D eigenvalue weighted by atomic mass is 19.1. The molecule has 0 spiro atoms. The maximum absolute atomic E-state index is 13.0. The Kier molecular flexibility index (Phi) is 12.7. The fourth-order valence-electron chi connectivity index (χ4n) is 3.97. The van der Waals surface area contributed by atoms with Crippen molar-refractivity contribution in [3.63, 3.8) is 0 Å². The summed E-state index contributed by atoms with van der Waals surface area (Å²) >= 11 is 0. The Hall–Kier alpha value is -3.36. The number of methoxy groups -OCH3 is 2. The van der Waals surface area contributed by atoms with Crippen molar-refractivity contribution in [2.45, 2.75) is 52.9 Å². The number of halogens is 1. The molecule has 4 rings (SSSR count). The average Bonchev–Trinajstić information content (AvgIpc) is 2.91. The monoisotopic (exact) mass is 510 g/mol. The summed E-state index contributed by atoms with van der Waals surface area (Å²) in [5.41, 5.74) is 13.5. The zero-order valence-electron chi connectivity index (χ0n) is 22.6. The van der Waals surface area contributed by atoms with Gasteiger partial charge in [-0.05, 0) is 69.7 Å². The first-order valence-corrected chi connectivity index (χ1v) is 12.5. The third-order valence-electron chi connectivity index (χ3n) is 5.93. The number of fused-ring (bicyclic) bond motifs is 1. The summed E-state index contributed by atoms with van der Waals surface area (Å²) in [6, 6.07) is 11.7. The fourth-order valence-corrected chi connectivity index (χ4v) is 3.97. The minimum Gasteiger partial charge on any atom is -0.481 e. The van der Waals surface area contributed by atoms with E-state index in [4.69, 9.17) is 15.6 Å². The van der Waals surface area contributed by atoms with Crippen LogP contribution in [0, 0.1) is 12.7 Å². The Labute approximate surface area is 219 Å². The number of hydrogen-bond acceptors (Lipinski definition) is 7. The minimum absolute atomic E-state index is 0.230. The molecule has 0 amide bonds. The van der Waals surface area contributed by atoms with Crippen LogP contribution in [0.4, 0.5) is 10.3 Å². The molecule has 0 unspecified atom stereocenters. The van der Waals surface area contributed by atoms with Gasteiger partial charge in [0.15, 0.2) is 0 Å². The Bertz CT molecular complexity index is 1160. The van der Waals surface area contributed by atoms with Gasteiger partial charge in [-0.25, -0.2) is 19.3 Å². The maximum Gasteiger partial charge on any atom is 0.220 e. The van der Waals surface area contributed by atoms with Crippen LogP contribution in [0.25, 0.3) is 16.8 Å². The molecule has 8 heteroatoms. The van der Waals surface area contributed by atoms with E-state index in [2.05, 4.69) is 33.5 Å². The Morgan fingerprint density at radius 2 is 1.84 bits per heavy atom. The molecule has 0 fully saturated rings. The molecule has 0 saturated carbocycles. The lowest BCUT2D eigenvalue weighted by Crippen LogP contribution is -2.12. The van der Waals surface area contributed by atoms with Crippen LogP contribution < -0.4 is 10.5 Å². The van der Waals surface area contributed by atoms with Crippen molar-refractivity contribution in [2.75, 3.05) is 33.2 Å². The zero-order valence-corrected chi connectivity index (χ0v) is 22.6. The Balaban J connectivity index is 0.000000215. The SMILES string of the molecule is CC/C(C)=C1/CCCc2nc(N)nc(C)c21.COCCCO.COc1cccc(-c2cccc(F)c2)n1. The van der Waals surface area contributed by atoms with Crippen LogP contribution in [0.15, 0.2) is 48.0 Å². The first kappa shape index (κ1) is 29.9. The lowest BCUT2D eigenvalue weighted by Gasteiger charge is -2.22. The summed E-state index contributed by atoms with van der Waals surface area (Å²) in [5.74, 6) is 0.667. The van der Waals surface area contributed by atoms with Crippen molar-refractivity contribution < 1.29 is 19.0 Å². The summed E-state index contributed by atoms with van der Waals surface area (Å²) < 4.78 is 22.6. The number of hydrogen-bond donors (Lipinski definition) is 2. The van der Waals surface area contributed by atoms with E-state index in [1.165, 1.54) is 35.3 Å². The van der Waals surface area contributed by atoms with E-state index in [0.29, 0.717) is 24.1 Å². The highest BCUT2D eigenvalue weighted by molar-refractivity contribution is 5.73. The summed E-state index contributed by atoms with van der Waals surface area (Å²) in [6.45, 7) is 7.33. The zero-order chi connectivity index (χ0) is 27.2. The van der Waals surface area contributed by atoms with Crippen LogP contribution in [-0.4, -0.2) is 47.5 Å². The smallest absolute Gasteiger partial charge is 0.220 e. The van der Waals surface area contributed by atoms with E-state index in [1.54, 1.807) is 26.4 Å². The third kappa shape index (κ3) is 9.22. The molecule has 3 aromatic rings. The van der Waals surface area contributed by atoms with Crippen molar-refractivity contribution in [1.82, 2.24) is 15.0 Å². The average molecular weight is 511 g/mol. The number of nitrogens with two attached hydrogens (primary N) is 1. The second-order valence-electron chi connectivity index (χ2n) is 8.60. The van der Waals surface area contributed by atoms with Gasteiger partial charge in [-0.2, -0.15) is 0 Å². The Morgan fingerprint density at radius 1 is 1.08 bits per heavy atom. The molecule has 2 heterocycles. The van der Waals surface area contributed by atoms with E-state index in [9.17, 15) is 4.39 Å². The van der Waals surface area contributed by atoms with Gasteiger partial charge in [0.05, 0.1) is 24.2 Å². The molecule has 1 aromatic carbocycles. The van der Waals surface area contributed by atoms with Gasteiger partial charge >= 0.3 is 0 Å². The number of aliphatic hydroxyl groups is 1. The van der Waals surface area contributed by atoms with Crippen LogP contribution >= 0.6 is 0 Å². The van der Waals surface area contributed by atoms with Crippen molar-refractivity contribution in [3.8, 4) is 17.1 Å². The second kappa shape index (κ2) is 15.7. The third-order valence-corrected chi connectivity index (χ3v) is 5.93. The number of ether oxygens (including phenoxy) is 2. The van der Waals surface area contributed by atoms with Crippen molar-refractivity contribution in [2.24, 2.45) is 0 Å². The number of aromatic nitrogens is 3. The Morgan fingerprint density at radius 3 is 2.46 bits per heavy atom. The van der Waals surface area contributed by atoms with Crippen LogP contribution in [0.5, 0.6) is 5.88 Å². The van der Waals surface area contributed by atoms with Crippen molar-refractivity contribution in [3.05, 3.63) is 70.8 Å². The normalized spacial score (nSPS) is 13.4. The summed E-state index contributed by atoms with van der Waals surface area (Å²) in [5, 5.41) is 8.12. The second-order valence-corrected chi connectivity index (χ2v) is 8.60. The molecular weight excluding hydrogens is 471 g/mol. The van der Waals surface area contributed by atoms with E-state index in [0.717, 1.165) is 42.6 Å². The molecule has 3 N–H and O–H groups in total. The number of aliphatic hydroxyl groups excluding tert-OH is 1. The van der Waals surface area contributed by atoms with Gasteiger partial charge in [-0.15, -0.1) is 0 Å². The molecule has 0 aliphatic heterocycles. The van der Waals surface area contributed by atoms with Crippen LogP contribution in [0.2, 0.25) is 0 Å². The molecule has 2 aromatic heterocycles. The topological polar surface area (TPSA) is 103 Å². The number of nitrogens with zero attached hydrogens (tertiary/aromatic N) is 3. The molecule has 0 atom stereocenters. The quantitative estimate of drug-likeness (QED) is 0.404. The number of benzene rings is 1. The van der Waals surface area contributed by atoms with Crippen LogP contribution in [0.3, 0.4) is 0 Å². The fraction of sp³-hybridized carbons (Fsp3) is 0.414. The molecule has 37 heavy (non-hydrogen) atoms. The van der Waals surface area contributed by atoms with Gasteiger partial charge < -0.3 is 20.3 Å². The number of aryl methyl sites for hydroxylation is 2. The van der Waals surface area contributed by atoms with E-state index in [-0.39, 0.29) is 12.4 Å². The highest BCUT2D eigenvalue weighted by Crippen LogP contribution is 2.34. The number of pyridine rings is 1. The highest BCUT2D eigenvalue weighted by Gasteiger charge is 2.20. The number of allylic oxidation sites excluding steroid dienone is 2. The molecule has 200 valence electrons. The molecule has 0 saturated heterocycles. The number of rotatable bonds is 6. The lowest BCUT2D eigenvalue weighted by atomic mass is 9.86. The summed E-state index contributed by atoms with van der Waals surface area (Å²) in [4.78, 5) is 12.9. The number of anilines is 1. The molecule has 1 aliphatic carbocycles. The van der Waals surface area contributed by atoms with Crippen LogP contribution in [0.1, 0.15) is 56.5 Å². The van der Waals surface area contributed by atoms with E-state index in [1.807, 2.05) is 25.1 Å². The largest absolute Gasteiger partial charge is 0.481 e. The first-order valence-electron chi connectivity index (χ1n) is 12.5. The summed E-state index contributed by atoms with van der Waals surface area (Å²) in [6.07, 6.45) is 5.20. The van der Waals surface area contributed by atoms with Crippen molar-refractivity contribution >= 4 is 11.5 Å². The molecule has 7 nitrogen and oxygen atoms in total. The standard InChI is InChI=1S/C13H19N3.C12H10FNO.C4H10O2/c1-4-8(2)10-6-5-7-11-12(10)9(3)15-13(14)16-11;1-15-12-7-3-6-11(14-12)9-4-2-5-10(13)8-9;1-6-4-2-3-5/h4-7H2,1-3H3,(H2,14,15,16);2-8H,1H3;5H,2-4H2,1H3/b10-8-;;. The predicted octanol–water partition coefficient (Wildman–Crippen LogP) is 5.80. The van der Waals surface area contributed by atoms with Crippen molar-refractivity contribution in [1.29, 1.82) is 0 Å². The van der Waals surface area contributed by atoms with Crippen LogP contribution in [-0.2, 0) is 11.2 Å². The number of nitrogen functional groups attached to an aromatic ring is 1. The summed E-state index contributed by atoms with van der Waals surface area (Å²) in [7, 11) is 3.17. The first-order chi connectivity index (χ1) is 17.8. The lowest BCUT2D eigenvalue weighted by molar-refractivity contribution is 0.166. The van der Waals surface area contributed by atoms with Gasteiger partial charge in [0, 0.05) is 37.5 Å². The maximum atomic E-state index is 13.0. The van der Waals surface area contributed by atoms with Gasteiger partial charge in [0.2, 0.25) is 11.8 Å². The van der Waals surface area contributed by atoms with Gasteiger partial charge in [-0.3, -0.25) is 0 Å². The minimum atomic E-state index is -0.267. The van der Waals surface area contributed by atoms with Gasteiger partial charge in [-0.1, -0.05) is 30.7 Å².